The largest absolute Gasteiger partial charge is 0.494 e. The third kappa shape index (κ3) is 3.75. The van der Waals surface area contributed by atoms with Gasteiger partial charge >= 0.3 is 6.03 Å². The molecule has 1 atom stereocenters. The third-order valence-corrected chi connectivity index (χ3v) is 4.56. The van der Waals surface area contributed by atoms with Crippen molar-refractivity contribution in [3.05, 3.63) is 23.3 Å². The first-order chi connectivity index (χ1) is 11.6. The van der Waals surface area contributed by atoms with E-state index in [1.165, 1.54) is 0 Å². The molecule has 6 heteroatoms. The topological polar surface area (TPSA) is 71.0 Å². The van der Waals surface area contributed by atoms with Crippen LogP contribution in [0.1, 0.15) is 37.8 Å². The molecule has 0 radical (unpaired) electrons. The molecule has 0 unspecified atom stereocenters. The number of urea groups is 1. The van der Waals surface area contributed by atoms with Crippen molar-refractivity contribution in [3.8, 4) is 11.5 Å². The lowest BCUT2D eigenvalue weighted by molar-refractivity contribution is 0.0936. The van der Waals surface area contributed by atoms with Gasteiger partial charge in [0.15, 0.2) is 0 Å². The van der Waals surface area contributed by atoms with Gasteiger partial charge in [0.1, 0.15) is 17.6 Å². The molecular weight excluding hydrogens is 308 g/mol. The van der Waals surface area contributed by atoms with Gasteiger partial charge in [0, 0.05) is 37.2 Å². The molecule has 0 aromatic heterocycles. The fourth-order valence-electron chi connectivity index (χ4n) is 3.26. The van der Waals surface area contributed by atoms with E-state index in [-0.39, 0.29) is 18.2 Å². The number of benzene rings is 1. The number of hydrogen-bond acceptors (Lipinski definition) is 4. The van der Waals surface area contributed by atoms with Gasteiger partial charge < -0.3 is 24.8 Å². The smallest absolute Gasteiger partial charge is 0.317 e. The van der Waals surface area contributed by atoms with Crippen LogP contribution in [0, 0.1) is 0 Å². The van der Waals surface area contributed by atoms with Crippen LogP contribution in [0.5, 0.6) is 11.5 Å². The Labute approximate surface area is 142 Å². The fraction of sp³-hybridized carbons (Fsp3) is 0.611. The number of piperidine rings is 1. The summed E-state index contributed by atoms with van der Waals surface area (Å²) in [5.41, 5.74) is 2.08. The molecule has 6 nitrogen and oxygen atoms in total. The Bertz CT molecular complexity index is 597. The van der Waals surface area contributed by atoms with Crippen molar-refractivity contribution in [1.82, 2.24) is 10.2 Å². The van der Waals surface area contributed by atoms with Gasteiger partial charge in [-0.2, -0.15) is 0 Å². The van der Waals surface area contributed by atoms with Crippen LogP contribution in [0.4, 0.5) is 4.79 Å². The standard InChI is InChI=1S/C18H26N2O4/c1-3-23-16-9-13-8-12(2)24-17(13)10-14(16)11-19-18(22)20-6-4-15(21)5-7-20/h9-10,12,15,21H,3-8,11H2,1-2H3,(H,19,22)/t12-/m1/s1. The molecule has 0 bridgehead atoms. The highest BCUT2D eigenvalue weighted by Crippen LogP contribution is 2.35. The van der Waals surface area contributed by atoms with E-state index in [1.807, 2.05) is 26.0 Å². The lowest BCUT2D eigenvalue weighted by Gasteiger charge is -2.29. The second kappa shape index (κ2) is 7.30. The zero-order valence-electron chi connectivity index (χ0n) is 14.4. The lowest BCUT2D eigenvalue weighted by Crippen LogP contribution is -2.45. The second-order valence-electron chi connectivity index (χ2n) is 6.51. The van der Waals surface area contributed by atoms with Gasteiger partial charge in [-0.05, 0) is 38.8 Å². The molecule has 2 heterocycles. The van der Waals surface area contributed by atoms with Crippen molar-refractivity contribution in [2.24, 2.45) is 0 Å². The van der Waals surface area contributed by atoms with Crippen molar-refractivity contribution in [3.63, 3.8) is 0 Å². The molecular formula is C18H26N2O4. The number of carbonyl (C=O) groups excluding carboxylic acids is 1. The number of ether oxygens (including phenoxy) is 2. The van der Waals surface area contributed by atoms with Crippen LogP contribution < -0.4 is 14.8 Å². The summed E-state index contributed by atoms with van der Waals surface area (Å²) in [6.45, 7) is 6.17. The summed E-state index contributed by atoms with van der Waals surface area (Å²) in [6.07, 6.45) is 2.07. The van der Waals surface area contributed by atoms with Crippen molar-refractivity contribution in [2.45, 2.75) is 51.9 Å². The molecule has 2 N–H and O–H groups in total. The average molecular weight is 334 g/mol. The van der Waals surface area contributed by atoms with E-state index in [4.69, 9.17) is 9.47 Å². The van der Waals surface area contributed by atoms with Crippen LogP contribution >= 0.6 is 0 Å². The molecule has 1 aromatic rings. The lowest BCUT2D eigenvalue weighted by atomic mass is 10.1. The second-order valence-corrected chi connectivity index (χ2v) is 6.51. The number of aliphatic hydroxyl groups is 1. The zero-order valence-corrected chi connectivity index (χ0v) is 14.4. The first-order valence-corrected chi connectivity index (χ1v) is 8.73. The SMILES string of the molecule is CCOc1cc2c(cc1CNC(=O)N1CCC(O)CC1)O[C@H](C)C2. The Hall–Kier alpha value is -1.95. The van der Waals surface area contributed by atoms with Gasteiger partial charge in [-0.15, -0.1) is 0 Å². The monoisotopic (exact) mass is 334 g/mol. The Morgan fingerprint density at radius 3 is 2.88 bits per heavy atom. The Morgan fingerprint density at radius 1 is 1.42 bits per heavy atom. The molecule has 2 aliphatic heterocycles. The molecule has 2 aliphatic rings. The number of fused-ring (bicyclic) bond motifs is 1. The van der Waals surface area contributed by atoms with E-state index < -0.39 is 0 Å². The van der Waals surface area contributed by atoms with Crippen LogP contribution in [0.25, 0.3) is 0 Å². The van der Waals surface area contributed by atoms with Gasteiger partial charge in [0.25, 0.3) is 0 Å². The van der Waals surface area contributed by atoms with E-state index in [1.54, 1.807) is 4.90 Å². The Morgan fingerprint density at radius 2 is 2.17 bits per heavy atom. The maximum absolute atomic E-state index is 12.3. The van der Waals surface area contributed by atoms with E-state index in [0.29, 0.717) is 39.1 Å². The van der Waals surface area contributed by atoms with Crippen LogP contribution in [-0.2, 0) is 13.0 Å². The minimum absolute atomic E-state index is 0.0980. The van der Waals surface area contributed by atoms with E-state index in [2.05, 4.69) is 5.32 Å². The minimum Gasteiger partial charge on any atom is -0.494 e. The molecule has 0 aliphatic carbocycles. The maximum atomic E-state index is 12.3. The summed E-state index contributed by atoms with van der Waals surface area (Å²) in [6, 6.07) is 3.91. The summed E-state index contributed by atoms with van der Waals surface area (Å²) >= 11 is 0. The quantitative estimate of drug-likeness (QED) is 0.884. The first-order valence-electron chi connectivity index (χ1n) is 8.73. The highest BCUT2D eigenvalue weighted by atomic mass is 16.5. The molecule has 3 rings (SSSR count). The van der Waals surface area contributed by atoms with Crippen LogP contribution in [0.2, 0.25) is 0 Å². The summed E-state index contributed by atoms with van der Waals surface area (Å²) in [7, 11) is 0. The number of amides is 2. The number of carbonyl (C=O) groups is 1. The normalized spacial score (nSPS) is 20.5. The molecule has 24 heavy (non-hydrogen) atoms. The summed E-state index contributed by atoms with van der Waals surface area (Å²) < 4.78 is 11.5. The Kier molecular flexibility index (Phi) is 5.14. The molecule has 1 fully saturated rings. The van der Waals surface area contributed by atoms with Crippen molar-refractivity contribution in [2.75, 3.05) is 19.7 Å². The number of hydrogen-bond donors (Lipinski definition) is 2. The van der Waals surface area contributed by atoms with Gasteiger partial charge in [-0.3, -0.25) is 0 Å². The van der Waals surface area contributed by atoms with Gasteiger partial charge in [-0.1, -0.05) is 0 Å². The van der Waals surface area contributed by atoms with Gasteiger partial charge in [0.05, 0.1) is 12.7 Å². The van der Waals surface area contributed by atoms with Crippen molar-refractivity contribution in [1.29, 1.82) is 0 Å². The van der Waals surface area contributed by atoms with E-state index in [9.17, 15) is 9.90 Å². The van der Waals surface area contributed by atoms with Crippen molar-refractivity contribution < 1.29 is 19.4 Å². The predicted octanol–water partition coefficient (Wildman–Crippen LogP) is 2.07. The average Bonchev–Trinajstić information content (AvgIpc) is 2.92. The van der Waals surface area contributed by atoms with Crippen LogP contribution in [-0.4, -0.2) is 47.9 Å². The van der Waals surface area contributed by atoms with Crippen LogP contribution in [0.3, 0.4) is 0 Å². The Balaban J connectivity index is 1.66. The molecule has 0 saturated carbocycles. The molecule has 0 spiro atoms. The molecule has 1 aromatic carbocycles. The predicted molar refractivity (Wildman–Crippen MR) is 90.5 cm³/mol. The summed E-state index contributed by atoms with van der Waals surface area (Å²) in [4.78, 5) is 14.0. The fourth-order valence-corrected chi connectivity index (χ4v) is 3.26. The number of rotatable bonds is 4. The third-order valence-electron chi connectivity index (χ3n) is 4.56. The molecule has 1 saturated heterocycles. The molecule has 2 amide bonds. The van der Waals surface area contributed by atoms with Crippen molar-refractivity contribution >= 4 is 6.03 Å². The maximum Gasteiger partial charge on any atom is 0.317 e. The van der Waals surface area contributed by atoms with Gasteiger partial charge in [0.2, 0.25) is 0 Å². The molecule has 132 valence electrons. The number of likely N-dealkylation sites (tertiary alicyclic amines) is 1. The number of aliphatic hydroxyl groups excluding tert-OH is 1. The number of nitrogens with one attached hydrogen (secondary N) is 1. The summed E-state index contributed by atoms with van der Waals surface area (Å²) in [5, 5.41) is 12.5. The van der Waals surface area contributed by atoms with Crippen LogP contribution in [0.15, 0.2) is 12.1 Å². The minimum atomic E-state index is -0.283. The van der Waals surface area contributed by atoms with E-state index >= 15 is 0 Å². The first kappa shape index (κ1) is 16.9. The number of nitrogens with zero attached hydrogens (tertiary/aromatic N) is 1. The highest BCUT2D eigenvalue weighted by Gasteiger charge is 2.24. The zero-order chi connectivity index (χ0) is 17.1. The van der Waals surface area contributed by atoms with Gasteiger partial charge in [-0.25, -0.2) is 4.79 Å². The van der Waals surface area contributed by atoms with E-state index in [0.717, 1.165) is 29.0 Å². The summed E-state index contributed by atoms with van der Waals surface area (Å²) in [5.74, 6) is 1.69. The highest BCUT2D eigenvalue weighted by molar-refractivity contribution is 5.74.